The number of hydrogen-bond donors (Lipinski definition) is 1. The van der Waals surface area contributed by atoms with Crippen molar-refractivity contribution in [2.24, 2.45) is 0 Å². The van der Waals surface area contributed by atoms with Gasteiger partial charge in [-0.15, -0.1) is 0 Å². The number of amides is 2. The number of carbonyl (C=O) groups excluding carboxylic acids is 2. The van der Waals surface area contributed by atoms with Crippen LogP contribution in [0.15, 0.2) is 78.9 Å². The van der Waals surface area contributed by atoms with Gasteiger partial charge in [0, 0.05) is 17.8 Å². The quantitative estimate of drug-likeness (QED) is 0.594. The number of nitriles is 1. The number of benzene rings is 3. The Morgan fingerprint density at radius 1 is 0.935 bits per heavy atom. The predicted molar refractivity (Wildman–Crippen MR) is 122 cm³/mol. The molecule has 3 aromatic rings. The van der Waals surface area contributed by atoms with Crippen LogP contribution in [-0.4, -0.2) is 18.4 Å². The van der Waals surface area contributed by atoms with Crippen LogP contribution in [0.2, 0.25) is 0 Å². The number of nitrogens with zero attached hydrogens (tertiary/aromatic N) is 2. The van der Waals surface area contributed by atoms with E-state index < -0.39 is 0 Å². The lowest BCUT2D eigenvalue weighted by molar-refractivity contribution is -0.120. The summed E-state index contributed by atoms with van der Waals surface area (Å²) in [5.41, 5.74) is 3.57. The Bertz CT molecular complexity index is 1070. The molecule has 3 aromatic carbocycles. The summed E-state index contributed by atoms with van der Waals surface area (Å²) in [5, 5.41) is 11.9. The van der Waals surface area contributed by atoms with E-state index in [1.165, 1.54) is 0 Å². The summed E-state index contributed by atoms with van der Waals surface area (Å²) in [6.45, 7) is 3.05. The first kappa shape index (κ1) is 21.8. The van der Waals surface area contributed by atoms with Crippen LogP contribution in [0.25, 0.3) is 0 Å². The minimum Gasteiger partial charge on any atom is -0.356 e. The number of anilines is 1. The van der Waals surface area contributed by atoms with Crippen molar-refractivity contribution in [3.63, 3.8) is 0 Å². The first-order valence-corrected chi connectivity index (χ1v) is 10.3. The Hall–Kier alpha value is -3.91. The summed E-state index contributed by atoms with van der Waals surface area (Å²) >= 11 is 0. The van der Waals surface area contributed by atoms with Crippen molar-refractivity contribution in [2.45, 2.75) is 26.3 Å². The van der Waals surface area contributed by atoms with Gasteiger partial charge in [-0.25, -0.2) is 0 Å². The minimum atomic E-state index is -0.166. The molecule has 0 spiro atoms. The lowest BCUT2D eigenvalue weighted by atomic mass is 10.1. The maximum Gasteiger partial charge on any atom is 0.258 e. The minimum absolute atomic E-state index is 0.0352. The second-order valence-corrected chi connectivity index (χ2v) is 7.26. The zero-order chi connectivity index (χ0) is 22.1. The number of rotatable bonds is 8. The van der Waals surface area contributed by atoms with Gasteiger partial charge in [0.15, 0.2) is 0 Å². The maximum absolute atomic E-state index is 13.4. The molecule has 0 saturated carbocycles. The Morgan fingerprint density at radius 2 is 1.65 bits per heavy atom. The molecule has 3 rings (SSSR count). The molecule has 0 bridgehead atoms. The summed E-state index contributed by atoms with van der Waals surface area (Å²) in [7, 11) is 0. The molecule has 0 aliphatic heterocycles. The van der Waals surface area contributed by atoms with Crippen molar-refractivity contribution in [2.75, 3.05) is 11.4 Å². The van der Waals surface area contributed by atoms with Crippen molar-refractivity contribution < 1.29 is 9.59 Å². The third-order valence-electron chi connectivity index (χ3n) is 4.85. The third kappa shape index (κ3) is 6.03. The van der Waals surface area contributed by atoms with Crippen LogP contribution in [0.3, 0.4) is 0 Å². The fraction of sp³-hybridized carbons (Fsp3) is 0.192. The SMILES string of the molecule is CCCNC(=O)Cc1cccc(N(Cc2ccccc2)C(=O)c2ccc(C#N)cc2)c1. The molecule has 0 heterocycles. The number of hydrogen-bond acceptors (Lipinski definition) is 3. The van der Waals surface area contributed by atoms with Crippen LogP contribution in [0, 0.1) is 11.3 Å². The van der Waals surface area contributed by atoms with Crippen molar-refractivity contribution in [1.82, 2.24) is 5.32 Å². The van der Waals surface area contributed by atoms with Gasteiger partial charge in [0.1, 0.15) is 0 Å². The van der Waals surface area contributed by atoms with Crippen LogP contribution < -0.4 is 10.2 Å². The second-order valence-electron chi connectivity index (χ2n) is 7.26. The fourth-order valence-electron chi connectivity index (χ4n) is 3.24. The summed E-state index contributed by atoms with van der Waals surface area (Å²) < 4.78 is 0. The molecule has 2 amide bonds. The average molecular weight is 412 g/mol. The zero-order valence-electron chi connectivity index (χ0n) is 17.5. The topological polar surface area (TPSA) is 73.2 Å². The molecule has 156 valence electrons. The average Bonchev–Trinajstić information content (AvgIpc) is 2.81. The largest absolute Gasteiger partial charge is 0.356 e. The van der Waals surface area contributed by atoms with Gasteiger partial charge in [-0.1, -0.05) is 49.4 Å². The Balaban J connectivity index is 1.90. The monoisotopic (exact) mass is 411 g/mol. The molecule has 1 N–H and O–H groups in total. The van der Waals surface area contributed by atoms with E-state index in [-0.39, 0.29) is 18.2 Å². The fourth-order valence-corrected chi connectivity index (χ4v) is 3.24. The smallest absolute Gasteiger partial charge is 0.258 e. The van der Waals surface area contributed by atoms with Crippen LogP contribution in [0.1, 0.15) is 40.4 Å². The molecule has 5 heteroatoms. The van der Waals surface area contributed by atoms with Crippen molar-refractivity contribution >= 4 is 17.5 Å². The van der Waals surface area contributed by atoms with Crippen LogP contribution in [0.5, 0.6) is 0 Å². The standard InChI is InChI=1S/C26H25N3O2/c1-2-15-28-25(30)17-22-9-6-10-24(16-22)29(19-21-7-4-3-5-8-21)26(31)23-13-11-20(18-27)12-14-23/h3-14,16H,2,15,17,19H2,1H3,(H,28,30). The van der Waals surface area contributed by atoms with Crippen molar-refractivity contribution in [3.05, 3.63) is 101 Å². The Kier molecular flexibility index (Phi) is 7.56. The Labute approximate surface area is 182 Å². The molecule has 0 aliphatic carbocycles. The van der Waals surface area contributed by atoms with Crippen LogP contribution >= 0.6 is 0 Å². The molecular weight excluding hydrogens is 386 g/mol. The lowest BCUT2D eigenvalue weighted by Crippen LogP contribution is -2.30. The predicted octanol–water partition coefficient (Wildman–Crippen LogP) is 4.47. The summed E-state index contributed by atoms with van der Waals surface area (Å²) in [6.07, 6.45) is 1.15. The highest BCUT2D eigenvalue weighted by molar-refractivity contribution is 6.06. The van der Waals surface area contributed by atoms with E-state index in [4.69, 9.17) is 5.26 Å². The highest BCUT2D eigenvalue weighted by Gasteiger charge is 2.19. The van der Waals surface area contributed by atoms with Gasteiger partial charge in [-0.3, -0.25) is 9.59 Å². The molecule has 0 fully saturated rings. The van der Waals surface area contributed by atoms with Gasteiger partial charge in [0.25, 0.3) is 5.91 Å². The van der Waals surface area contributed by atoms with Gasteiger partial charge in [-0.2, -0.15) is 5.26 Å². The summed E-state index contributed by atoms with van der Waals surface area (Å²) in [5.74, 6) is -0.201. The van der Waals surface area contributed by atoms with Crippen molar-refractivity contribution in [1.29, 1.82) is 5.26 Å². The molecule has 0 radical (unpaired) electrons. The first-order chi connectivity index (χ1) is 15.1. The summed E-state index contributed by atoms with van der Waals surface area (Å²) in [4.78, 5) is 27.2. The van der Waals surface area contributed by atoms with E-state index in [1.54, 1.807) is 29.2 Å². The van der Waals surface area contributed by atoms with E-state index in [0.29, 0.717) is 24.2 Å². The first-order valence-electron chi connectivity index (χ1n) is 10.3. The normalized spacial score (nSPS) is 10.2. The number of nitrogens with one attached hydrogen (secondary N) is 1. The highest BCUT2D eigenvalue weighted by Crippen LogP contribution is 2.22. The Morgan fingerprint density at radius 3 is 2.32 bits per heavy atom. The molecule has 31 heavy (non-hydrogen) atoms. The van der Waals surface area contributed by atoms with E-state index in [0.717, 1.165) is 23.2 Å². The van der Waals surface area contributed by atoms with E-state index in [9.17, 15) is 9.59 Å². The van der Waals surface area contributed by atoms with Gasteiger partial charge >= 0.3 is 0 Å². The van der Waals surface area contributed by atoms with Crippen LogP contribution in [0.4, 0.5) is 5.69 Å². The molecule has 0 aromatic heterocycles. The lowest BCUT2D eigenvalue weighted by Gasteiger charge is -2.24. The van der Waals surface area contributed by atoms with E-state index >= 15 is 0 Å². The van der Waals surface area contributed by atoms with Gasteiger partial charge in [0.2, 0.25) is 5.91 Å². The van der Waals surface area contributed by atoms with Gasteiger partial charge < -0.3 is 10.2 Å². The van der Waals surface area contributed by atoms with Crippen LogP contribution in [-0.2, 0) is 17.8 Å². The van der Waals surface area contributed by atoms with E-state index in [1.807, 2.05) is 61.5 Å². The molecule has 0 unspecified atom stereocenters. The maximum atomic E-state index is 13.4. The van der Waals surface area contributed by atoms with Crippen molar-refractivity contribution in [3.8, 4) is 6.07 Å². The third-order valence-corrected chi connectivity index (χ3v) is 4.85. The van der Waals surface area contributed by atoms with Gasteiger partial charge in [0.05, 0.1) is 24.6 Å². The second kappa shape index (κ2) is 10.7. The summed E-state index contributed by atoms with van der Waals surface area (Å²) in [6, 6.07) is 26.0. The van der Waals surface area contributed by atoms with E-state index in [2.05, 4.69) is 11.4 Å². The van der Waals surface area contributed by atoms with Gasteiger partial charge in [-0.05, 0) is 53.9 Å². The number of carbonyl (C=O) groups is 2. The highest BCUT2D eigenvalue weighted by atomic mass is 16.2. The molecule has 5 nitrogen and oxygen atoms in total. The molecule has 0 saturated heterocycles. The molecule has 0 aliphatic rings. The molecular formula is C26H25N3O2. The zero-order valence-corrected chi connectivity index (χ0v) is 17.5. The molecule has 0 atom stereocenters.